The largest absolute Gasteiger partial charge is 0.381 e. The molecule has 1 aromatic carbocycles. The number of terminal acetylenes is 1. The van der Waals surface area contributed by atoms with Gasteiger partial charge in [-0.15, -0.1) is 6.42 Å². The number of carbonyl (C=O) groups is 2. The van der Waals surface area contributed by atoms with Gasteiger partial charge in [-0.05, 0) is 45.6 Å². The third-order valence-electron chi connectivity index (χ3n) is 6.63. The van der Waals surface area contributed by atoms with Crippen LogP contribution < -0.4 is 10.9 Å². The van der Waals surface area contributed by atoms with E-state index in [1.54, 1.807) is 12.8 Å². The Bertz CT molecular complexity index is 1650. The first-order chi connectivity index (χ1) is 19.9. The van der Waals surface area contributed by atoms with E-state index < -0.39 is 53.5 Å². The molecule has 1 aliphatic rings. The average Bonchev–Trinajstić information content (AvgIpc) is 3.46. The van der Waals surface area contributed by atoms with Crippen LogP contribution in [0.5, 0.6) is 0 Å². The minimum Gasteiger partial charge on any atom is -0.381 e. The van der Waals surface area contributed by atoms with Crippen molar-refractivity contribution in [2.24, 2.45) is 0 Å². The molecule has 220 valence electrons. The van der Waals surface area contributed by atoms with Crippen LogP contribution in [-0.2, 0) is 0 Å². The van der Waals surface area contributed by atoms with E-state index in [-0.39, 0.29) is 47.2 Å². The second-order valence-electron chi connectivity index (χ2n) is 10.0. The zero-order valence-corrected chi connectivity index (χ0v) is 23.0. The molecular weight excluding hydrogens is 556 g/mol. The normalized spacial score (nSPS) is 15.6. The van der Waals surface area contributed by atoms with E-state index in [4.69, 9.17) is 6.42 Å². The highest BCUT2D eigenvalue weighted by molar-refractivity contribution is 6.22. The van der Waals surface area contributed by atoms with E-state index in [9.17, 15) is 31.9 Å². The molecule has 1 unspecified atom stereocenters. The summed E-state index contributed by atoms with van der Waals surface area (Å²) < 4.78 is 55.3. The molecule has 2 atom stereocenters. The van der Waals surface area contributed by atoms with Gasteiger partial charge in [0.25, 0.3) is 17.4 Å². The van der Waals surface area contributed by atoms with Gasteiger partial charge in [-0.3, -0.25) is 19.3 Å². The summed E-state index contributed by atoms with van der Waals surface area (Å²) in [7, 11) is 3.66. The molecule has 0 aliphatic carbocycles. The van der Waals surface area contributed by atoms with Crippen LogP contribution in [0.3, 0.4) is 0 Å². The van der Waals surface area contributed by atoms with Gasteiger partial charge in [0, 0.05) is 37.0 Å². The summed E-state index contributed by atoms with van der Waals surface area (Å²) in [5.74, 6) is -2.33. The lowest BCUT2D eigenvalue weighted by Gasteiger charge is -2.18. The molecule has 0 fully saturated rings. The van der Waals surface area contributed by atoms with Crippen molar-refractivity contribution >= 4 is 28.5 Å². The fraction of sp³-hybridized carbons (Fsp3) is 0.310. The maximum absolute atomic E-state index is 14.5. The van der Waals surface area contributed by atoms with Crippen molar-refractivity contribution in [3.63, 3.8) is 0 Å². The second kappa shape index (κ2) is 12.4. The van der Waals surface area contributed by atoms with Gasteiger partial charge in [0.15, 0.2) is 17.8 Å². The number of aromatic amines is 2. The Morgan fingerprint density at radius 3 is 2.55 bits per heavy atom. The van der Waals surface area contributed by atoms with Gasteiger partial charge in [0.1, 0.15) is 18.1 Å². The van der Waals surface area contributed by atoms with Crippen molar-refractivity contribution in [3.05, 3.63) is 69.2 Å². The van der Waals surface area contributed by atoms with Crippen molar-refractivity contribution in [2.75, 3.05) is 39.2 Å². The maximum Gasteiger partial charge on any atom is 0.261 e. The number of rotatable bonds is 11. The first-order valence-electron chi connectivity index (χ1n) is 12.9. The molecule has 0 radical (unpaired) electrons. The van der Waals surface area contributed by atoms with E-state index in [1.165, 1.54) is 29.3 Å². The number of H-pyrrole nitrogens is 2. The third kappa shape index (κ3) is 6.13. The van der Waals surface area contributed by atoms with Crippen LogP contribution in [-0.4, -0.2) is 82.6 Å². The minimum atomic E-state index is -2.17. The number of amides is 2. The van der Waals surface area contributed by atoms with Crippen LogP contribution in [0, 0.1) is 12.3 Å². The molecule has 9 nitrogen and oxygen atoms in total. The van der Waals surface area contributed by atoms with Gasteiger partial charge in [0.05, 0.1) is 27.8 Å². The molecule has 0 saturated carbocycles. The van der Waals surface area contributed by atoms with Crippen molar-refractivity contribution in [1.82, 2.24) is 24.8 Å². The average molecular weight is 585 g/mol. The molecule has 13 heteroatoms. The Morgan fingerprint density at radius 2 is 1.90 bits per heavy atom. The molecule has 4 rings (SSSR count). The first-order valence-corrected chi connectivity index (χ1v) is 12.9. The number of likely N-dealkylation sites (N-methyl/N-ethyl adjacent to an activating group) is 1. The van der Waals surface area contributed by atoms with Gasteiger partial charge in [-0.2, -0.15) is 0 Å². The number of nitrogens with zero attached hydrogens (tertiary/aromatic N) is 3. The number of imide groups is 1. The molecule has 0 spiro atoms. The smallest absolute Gasteiger partial charge is 0.261 e. The van der Waals surface area contributed by atoms with E-state index in [0.29, 0.717) is 17.6 Å². The van der Waals surface area contributed by atoms with Gasteiger partial charge in [-0.25, -0.2) is 22.5 Å². The third-order valence-corrected chi connectivity index (χ3v) is 6.63. The fourth-order valence-electron chi connectivity index (χ4n) is 4.56. The molecule has 0 bridgehead atoms. The number of carbonyl (C=O) groups excluding carboxylic acids is 2. The molecule has 3 aromatic rings. The van der Waals surface area contributed by atoms with Gasteiger partial charge >= 0.3 is 0 Å². The summed E-state index contributed by atoms with van der Waals surface area (Å²) in [5.41, 5.74) is 0.345. The number of imidazole rings is 1. The molecule has 0 saturated heterocycles. The van der Waals surface area contributed by atoms with Crippen molar-refractivity contribution in [3.8, 4) is 23.7 Å². The summed E-state index contributed by atoms with van der Waals surface area (Å²) in [6.45, 7) is 0.942. The van der Waals surface area contributed by atoms with Crippen LogP contribution in [0.25, 0.3) is 22.4 Å². The quantitative estimate of drug-likeness (QED) is 0.134. The topological polar surface area (TPSA) is 114 Å². The van der Waals surface area contributed by atoms with Crippen molar-refractivity contribution < 1.29 is 27.2 Å². The van der Waals surface area contributed by atoms with E-state index in [0.717, 1.165) is 0 Å². The van der Waals surface area contributed by atoms with Crippen LogP contribution in [0.1, 0.15) is 34.1 Å². The van der Waals surface area contributed by atoms with Gasteiger partial charge in [-0.1, -0.05) is 5.92 Å². The first kappa shape index (κ1) is 30.3. The number of allylic oxidation sites excluding steroid dienone is 3. The highest BCUT2D eigenvalue weighted by Crippen LogP contribution is 2.31. The summed E-state index contributed by atoms with van der Waals surface area (Å²) in [5, 5.41) is 2.98. The highest BCUT2D eigenvalue weighted by Gasteiger charge is 2.36. The number of hydrogen-bond donors (Lipinski definition) is 3. The van der Waals surface area contributed by atoms with E-state index in [2.05, 4.69) is 20.3 Å². The Hall–Kier alpha value is -4.70. The Balaban J connectivity index is 1.63. The molecule has 3 heterocycles. The summed E-state index contributed by atoms with van der Waals surface area (Å²) in [6.07, 6.45) is 3.92. The highest BCUT2D eigenvalue weighted by atomic mass is 19.2. The van der Waals surface area contributed by atoms with Crippen LogP contribution in [0.15, 0.2) is 52.5 Å². The van der Waals surface area contributed by atoms with E-state index >= 15 is 0 Å². The number of benzene rings is 1. The SMILES string of the molecule is C#CC(F)/C=C(F)\C(F)=C(/CF)C[C@H](C)Nc1cc[nH]c(=O)c1-c1nc2cc3c(cc2[nH]1)C(=O)N(CCN(C)C)C3=O. The van der Waals surface area contributed by atoms with Gasteiger partial charge in [0.2, 0.25) is 0 Å². The predicted molar refractivity (Wildman–Crippen MR) is 151 cm³/mol. The molecule has 2 aromatic heterocycles. The Kier molecular flexibility index (Phi) is 8.96. The number of anilines is 1. The van der Waals surface area contributed by atoms with E-state index in [1.807, 2.05) is 19.0 Å². The number of nitrogens with one attached hydrogen (secondary N) is 3. The monoisotopic (exact) mass is 584 g/mol. The van der Waals surface area contributed by atoms with Crippen molar-refractivity contribution in [2.45, 2.75) is 25.6 Å². The zero-order valence-electron chi connectivity index (χ0n) is 23.0. The Labute approximate surface area is 238 Å². The fourth-order valence-corrected chi connectivity index (χ4v) is 4.56. The maximum atomic E-state index is 14.5. The number of hydrogen-bond acceptors (Lipinski definition) is 6. The standard InChI is InChI=1S/C29H28F4N6O3/c1-5-17(31)11-20(32)25(33)16(14-30)10-15(2)35-21-6-7-34-27(40)24(21)26-36-22-12-18-19(13-23(22)37-26)29(42)39(28(18)41)9-8-38(3)4/h1,6-7,11-13,15,17H,8-10,14H2,2-4H3,(H,36,37)(H2,34,35,40)/b20-11+,25-16+/t15-,17?/m0/s1. The number of aromatic nitrogens is 3. The van der Waals surface area contributed by atoms with Crippen LogP contribution in [0.4, 0.5) is 23.2 Å². The number of pyridine rings is 1. The lowest BCUT2D eigenvalue weighted by Crippen LogP contribution is -2.35. The number of halogens is 4. The molecule has 3 N–H and O–H groups in total. The van der Waals surface area contributed by atoms with Crippen LogP contribution >= 0.6 is 0 Å². The molecule has 42 heavy (non-hydrogen) atoms. The summed E-state index contributed by atoms with van der Waals surface area (Å²) >= 11 is 0. The van der Waals surface area contributed by atoms with Gasteiger partial charge < -0.3 is 20.2 Å². The van der Waals surface area contributed by atoms with Crippen molar-refractivity contribution in [1.29, 1.82) is 0 Å². The number of alkyl halides is 2. The second-order valence-corrected chi connectivity index (χ2v) is 10.0. The lowest BCUT2D eigenvalue weighted by molar-refractivity contribution is 0.0645. The van der Waals surface area contributed by atoms with Crippen LogP contribution in [0.2, 0.25) is 0 Å². The number of fused-ring (bicyclic) bond motifs is 2. The summed E-state index contributed by atoms with van der Waals surface area (Å²) in [4.78, 5) is 51.7. The Morgan fingerprint density at radius 1 is 1.21 bits per heavy atom. The molecule has 2 amide bonds. The molecular formula is C29H28F4N6O3. The lowest BCUT2D eigenvalue weighted by atomic mass is 10.1. The zero-order chi connectivity index (χ0) is 30.7. The predicted octanol–water partition coefficient (Wildman–Crippen LogP) is 4.28. The minimum absolute atomic E-state index is 0.0533. The molecule has 1 aliphatic heterocycles. The summed E-state index contributed by atoms with van der Waals surface area (Å²) in [6, 6.07) is 3.78.